The molecule has 0 saturated carbocycles. The Morgan fingerprint density at radius 1 is 1.20 bits per heavy atom. The van der Waals surface area contributed by atoms with Gasteiger partial charge >= 0.3 is 0 Å². The molecule has 0 amide bonds. The van der Waals surface area contributed by atoms with Crippen molar-refractivity contribution in [3.8, 4) is 0 Å². The van der Waals surface area contributed by atoms with Crippen molar-refractivity contribution in [1.29, 1.82) is 0 Å². The van der Waals surface area contributed by atoms with Crippen LogP contribution in [0.15, 0.2) is 24.3 Å². The molecule has 0 bridgehead atoms. The van der Waals surface area contributed by atoms with E-state index in [1.807, 2.05) is 12.1 Å². The maximum atomic E-state index is 12.6. The van der Waals surface area contributed by atoms with Crippen LogP contribution in [0, 0.1) is 11.8 Å². The summed E-state index contributed by atoms with van der Waals surface area (Å²) in [6, 6.07) is 8.10. The Balaban J connectivity index is 2.07. The van der Waals surface area contributed by atoms with Crippen LogP contribution in [0.5, 0.6) is 0 Å². The SMILES string of the molecule is CCc1ccc(C(=O)C(C)N2CC(C)CC(C)C2)cc1. The number of aryl methyl sites for hydroxylation is 1. The third-order valence-corrected chi connectivity index (χ3v) is 4.47. The second kappa shape index (κ2) is 6.53. The van der Waals surface area contributed by atoms with Gasteiger partial charge in [-0.25, -0.2) is 0 Å². The molecule has 0 spiro atoms. The zero-order valence-electron chi connectivity index (χ0n) is 13.2. The molecule has 20 heavy (non-hydrogen) atoms. The first-order valence-electron chi connectivity index (χ1n) is 7.88. The largest absolute Gasteiger partial charge is 0.293 e. The van der Waals surface area contributed by atoms with Crippen LogP contribution >= 0.6 is 0 Å². The molecule has 1 saturated heterocycles. The highest BCUT2D eigenvalue weighted by atomic mass is 16.1. The van der Waals surface area contributed by atoms with E-state index in [1.54, 1.807) is 0 Å². The fraction of sp³-hybridized carbons (Fsp3) is 0.611. The van der Waals surface area contributed by atoms with Gasteiger partial charge in [-0.2, -0.15) is 0 Å². The van der Waals surface area contributed by atoms with Gasteiger partial charge in [-0.05, 0) is 37.2 Å². The van der Waals surface area contributed by atoms with E-state index in [-0.39, 0.29) is 11.8 Å². The molecule has 3 atom stereocenters. The molecule has 2 nitrogen and oxygen atoms in total. The number of carbonyl (C=O) groups is 1. The lowest BCUT2D eigenvalue weighted by Gasteiger charge is -2.38. The number of hydrogen-bond donors (Lipinski definition) is 0. The molecule has 1 aliphatic rings. The summed E-state index contributed by atoms with van der Waals surface area (Å²) < 4.78 is 0. The van der Waals surface area contributed by atoms with Gasteiger partial charge < -0.3 is 0 Å². The predicted octanol–water partition coefficient (Wildman–Crippen LogP) is 3.80. The van der Waals surface area contributed by atoms with Crippen molar-refractivity contribution in [2.24, 2.45) is 11.8 Å². The van der Waals surface area contributed by atoms with Crippen LogP contribution in [-0.4, -0.2) is 29.8 Å². The Hall–Kier alpha value is -1.15. The minimum absolute atomic E-state index is 0.00678. The van der Waals surface area contributed by atoms with Gasteiger partial charge in [-0.3, -0.25) is 9.69 Å². The summed E-state index contributed by atoms with van der Waals surface area (Å²) in [5, 5.41) is 0. The number of nitrogens with zero attached hydrogens (tertiary/aromatic N) is 1. The fourth-order valence-electron chi connectivity index (χ4n) is 3.34. The van der Waals surface area contributed by atoms with Crippen molar-refractivity contribution in [2.75, 3.05) is 13.1 Å². The van der Waals surface area contributed by atoms with Gasteiger partial charge in [-0.15, -0.1) is 0 Å². The highest BCUT2D eigenvalue weighted by Crippen LogP contribution is 2.23. The Morgan fingerprint density at radius 2 is 1.75 bits per heavy atom. The lowest BCUT2D eigenvalue weighted by atomic mass is 9.90. The molecule has 0 aromatic heterocycles. The summed E-state index contributed by atoms with van der Waals surface area (Å²) in [7, 11) is 0. The number of rotatable bonds is 4. The molecule has 110 valence electrons. The zero-order chi connectivity index (χ0) is 14.7. The molecule has 0 aliphatic carbocycles. The molecular formula is C18H27NO. The van der Waals surface area contributed by atoms with E-state index in [2.05, 4.69) is 44.7 Å². The van der Waals surface area contributed by atoms with Crippen molar-refractivity contribution in [1.82, 2.24) is 4.90 Å². The minimum Gasteiger partial charge on any atom is -0.293 e. The van der Waals surface area contributed by atoms with Crippen molar-refractivity contribution in [3.05, 3.63) is 35.4 Å². The number of hydrogen-bond acceptors (Lipinski definition) is 2. The summed E-state index contributed by atoms with van der Waals surface area (Å²) in [6.45, 7) is 10.9. The second-order valence-corrected chi connectivity index (χ2v) is 6.49. The second-order valence-electron chi connectivity index (χ2n) is 6.49. The fourth-order valence-corrected chi connectivity index (χ4v) is 3.34. The normalized spacial score (nSPS) is 25.4. The first-order valence-corrected chi connectivity index (χ1v) is 7.88. The molecule has 1 aromatic carbocycles. The first-order chi connectivity index (χ1) is 9.51. The number of likely N-dealkylation sites (tertiary alicyclic amines) is 1. The van der Waals surface area contributed by atoms with E-state index < -0.39 is 0 Å². The topological polar surface area (TPSA) is 20.3 Å². The van der Waals surface area contributed by atoms with Crippen LogP contribution in [0.1, 0.15) is 50.0 Å². The van der Waals surface area contributed by atoms with Crippen LogP contribution in [0.3, 0.4) is 0 Å². The van der Waals surface area contributed by atoms with E-state index in [1.165, 1.54) is 12.0 Å². The molecule has 0 radical (unpaired) electrons. The highest BCUT2D eigenvalue weighted by molar-refractivity contribution is 5.99. The maximum Gasteiger partial charge on any atom is 0.179 e. The summed E-state index contributed by atoms with van der Waals surface area (Å²) in [6.07, 6.45) is 2.30. The Kier molecular flexibility index (Phi) is 4.98. The van der Waals surface area contributed by atoms with Crippen molar-refractivity contribution >= 4 is 5.78 Å². The molecule has 0 N–H and O–H groups in total. The van der Waals surface area contributed by atoms with Gasteiger partial charge in [0.05, 0.1) is 6.04 Å². The van der Waals surface area contributed by atoms with E-state index in [4.69, 9.17) is 0 Å². The molecule has 1 fully saturated rings. The van der Waals surface area contributed by atoms with Crippen LogP contribution in [-0.2, 0) is 6.42 Å². The maximum absolute atomic E-state index is 12.6. The van der Waals surface area contributed by atoms with E-state index in [0.717, 1.165) is 25.1 Å². The molecule has 3 unspecified atom stereocenters. The van der Waals surface area contributed by atoms with Gasteiger partial charge in [0.15, 0.2) is 5.78 Å². The van der Waals surface area contributed by atoms with Gasteiger partial charge in [0.1, 0.15) is 0 Å². The monoisotopic (exact) mass is 273 g/mol. The number of carbonyl (C=O) groups excluding carboxylic acids is 1. The summed E-state index contributed by atoms with van der Waals surface area (Å²) in [5.74, 6) is 1.64. The molecule has 1 aromatic rings. The van der Waals surface area contributed by atoms with Crippen LogP contribution in [0.4, 0.5) is 0 Å². The number of Topliss-reactive ketones (excluding diaryl/α,β-unsaturated/α-hetero) is 1. The zero-order valence-corrected chi connectivity index (χ0v) is 13.2. The van der Waals surface area contributed by atoms with Crippen LogP contribution in [0.25, 0.3) is 0 Å². The van der Waals surface area contributed by atoms with Crippen LogP contribution < -0.4 is 0 Å². The van der Waals surface area contributed by atoms with Crippen LogP contribution in [0.2, 0.25) is 0 Å². The van der Waals surface area contributed by atoms with E-state index in [0.29, 0.717) is 11.8 Å². The third-order valence-electron chi connectivity index (χ3n) is 4.47. The van der Waals surface area contributed by atoms with Gasteiger partial charge in [0.2, 0.25) is 0 Å². The standard InChI is InChI=1S/C18H27NO/c1-5-16-6-8-17(9-7-16)18(20)15(4)19-11-13(2)10-14(3)12-19/h6-9,13-15H,5,10-12H2,1-4H3. The predicted molar refractivity (Wildman–Crippen MR) is 84.1 cm³/mol. The first kappa shape index (κ1) is 15.2. The summed E-state index contributed by atoms with van der Waals surface area (Å²) in [4.78, 5) is 15.0. The Bertz CT molecular complexity index is 441. The Morgan fingerprint density at radius 3 is 2.25 bits per heavy atom. The summed E-state index contributed by atoms with van der Waals surface area (Å²) in [5.41, 5.74) is 2.13. The molecule has 2 heteroatoms. The number of benzene rings is 1. The highest BCUT2D eigenvalue weighted by Gasteiger charge is 2.29. The van der Waals surface area contributed by atoms with Crippen molar-refractivity contribution in [2.45, 2.75) is 46.6 Å². The number of piperidine rings is 1. The lowest BCUT2D eigenvalue weighted by molar-refractivity contribution is 0.0686. The smallest absolute Gasteiger partial charge is 0.179 e. The Labute approximate surface area is 123 Å². The quantitative estimate of drug-likeness (QED) is 0.778. The lowest BCUT2D eigenvalue weighted by Crippen LogP contribution is -2.47. The van der Waals surface area contributed by atoms with E-state index in [9.17, 15) is 4.79 Å². The van der Waals surface area contributed by atoms with Gasteiger partial charge in [-0.1, -0.05) is 45.0 Å². The summed E-state index contributed by atoms with van der Waals surface area (Å²) >= 11 is 0. The van der Waals surface area contributed by atoms with Gasteiger partial charge in [0, 0.05) is 18.7 Å². The molecular weight excluding hydrogens is 246 g/mol. The number of ketones is 1. The average molecular weight is 273 g/mol. The van der Waals surface area contributed by atoms with E-state index >= 15 is 0 Å². The van der Waals surface area contributed by atoms with Crippen molar-refractivity contribution in [3.63, 3.8) is 0 Å². The minimum atomic E-state index is -0.00678. The van der Waals surface area contributed by atoms with Crippen molar-refractivity contribution < 1.29 is 4.79 Å². The van der Waals surface area contributed by atoms with Gasteiger partial charge in [0.25, 0.3) is 0 Å². The third kappa shape index (κ3) is 3.49. The molecule has 1 aliphatic heterocycles. The molecule has 1 heterocycles. The molecule has 2 rings (SSSR count). The average Bonchev–Trinajstić information content (AvgIpc) is 2.45.